The average molecular weight is 339 g/mol. The molecule has 2 aliphatic heterocycles. The van der Waals surface area contributed by atoms with Gasteiger partial charge in [-0.3, -0.25) is 4.90 Å². The summed E-state index contributed by atoms with van der Waals surface area (Å²) in [5.41, 5.74) is 2.23. The Morgan fingerprint density at radius 2 is 2.00 bits per heavy atom. The van der Waals surface area contributed by atoms with Crippen LogP contribution >= 0.6 is 15.9 Å². The predicted molar refractivity (Wildman–Crippen MR) is 86.2 cm³/mol. The summed E-state index contributed by atoms with van der Waals surface area (Å²) in [6, 6.07) is 7.68. The van der Waals surface area contributed by atoms with E-state index < -0.39 is 6.10 Å². The van der Waals surface area contributed by atoms with Gasteiger partial charge in [-0.2, -0.15) is 0 Å². The first kappa shape index (κ1) is 14.4. The van der Waals surface area contributed by atoms with Crippen molar-refractivity contribution < 1.29 is 5.11 Å². The van der Waals surface area contributed by atoms with E-state index in [2.05, 4.69) is 44.9 Å². The maximum absolute atomic E-state index is 10.1. The number of halogens is 1. The standard InChI is InChI=1S/C16H23BrN2O/c1-11(20)15-9-12(17)3-6-16(15)19-8-7-13-4-5-14(10-19)18(13)2/h3,6,9,11,13-14,20H,4-5,7-8,10H2,1-2H3. The molecule has 2 heterocycles. The number of nitrogens with zero attached hydrogens (tertiary/aromatic N) is 2. The number of anilines is 1. The zero-order chi connectivity index (χ0) is 14.3. The molecule has 0 amide bonds. The lowest BCUT2D eigenvalue weighted by molar-refractivity contribution is 0.199. The van der Waals surface area contributed by atoms with Crippen LogP contribution < -0.4 is 4.90 Å². The molecule has 1 N–H and O–H groups in total. The van der Waals surface area contributed by atoms with E-state index in [1.54, 1.807) is 0 Å². The maximum Gasteiger partial charge on any atom is 0.0782 e. The molecule has 2 aliphatic rings. The summed E-state index contributed by atoms with van der Waals surface area (Å²) in [5, 5.41) is 10.1. The topological polar surface area (TPSA) is 26.7 Å². The number of hydrogen-bond acceptors (Lipinski definition) is 3. The van der Waals surface area contributed by atoms with Gasteiger partial charge in [0, 0.05) is 40.9 Å². The zero-order valence-corrected chi connectivity index (χ0v) is 13.8. The van der Waals surface area contributed by atoms with Gasteiger partial charge in [0.25, 0.3) is 0 Å². The number of hydrogen-bond donors (Lipinski definition) is 1. The molecule has 1 aromatic carbocycles. The molecular formula is C16H23BrN2O. The number of aliphatic hydroxyl groups excluding tert-OH is 1. The molecule has 2 bridgehead atoms. The van der Waals surface area contributed by atoms with Crippen LogP contribution in [0.15, 0.2) is 22.7 Å². The Labute approximate surface area is 129 Å². The molecule has 0 aromatic heterocycles. The third-order valence-electron chi connectivity index (χ3n) is 4.93. The van der Waals surface area contributed by atoms with Crippen molar-refractivity contribution in [3.63, 3.8) is 0 Å². The van der Waals surface area contributed by atoms with Crippen molar-refractivity contribution in [1.29, 1.82) is 0 Å². The summed E-state index contributed by atoms with van der Waals surface area (Å²) in [5.74, 6) is 0. The van der Waals surface area contributed by atoms with Crippen molar-refractivity contribution >= 4 is 21.6 Å². The van der Waals surface area contributed by atoms with Gasteiger partial charge in [0.15, 0.2) is 0 Å². The number of rotatable bonds is 2. The fourth-order valence-electron chi connectivity index (χ4n) is 3.68. The Hall–Kier alpha value is -0.580. The van der Waals surface area contributed by atoms with Gasteiger partial charge in [0.05, 0.1) is 6.10 Å². The van der Waals surface area contributed by atoms with Gasteiger partial charge in [-0.05, 0) is 51.4 Å². The summed E-state index contributed by atoms with van der Waals surface area (Å²) in [7, 11) is 2.27. The van der Waals surface area contributed by atoms with Crippen LogP contribution in [0, 0.1) is 0 Å². The lowest BCUT2D eigenvalue weighted by Crippen LogP contribution is -2.37. The van der Waals surface area contributed by atoms with E-state index in [-0.39, 0.29) is 0 Å². The smallest absolute Gasteiger partial charge is 0.0782 e. The van der Waals surface area contributed by atoms with E-state index in [4.69, 9.17) is 0 Å². The molecule has 1 aromatic rings. The van der Waals surface area contributed by atoms with Crippen LogP contribution in [0.2, 0.25) is 0 Å². The van der Waals surface area contributed by atoms with Crippen LogP contribution in [-0.2, 0) is 0 Å². The highest BCUT2D eigenvalue weighted by atomic mass is 79.9. The Kier molecular flexibility index (Phi) is 4.07. The van der Waals surface area contributed by atoms with E-state index in [1.165, 1.54) is 24.9 Å². The third kappa shape index (κ3) is 2.61. The van der Waals surface area contributed by atoms with Crippen molar-refractivity contribution in [3.05, 3.63) is 28.2 Å². The summed E-state index contributed by atoms with van der Waals surface area (Å²) in [6.07, 6.45) is 3.44. The van der Waals surface area contributed by atoms with Gasteiger partial charge < -0.3 is 10.0 Å². The van der Waals surface area contributed by atoms with E-state index >= 15 is 0 Å². The van der Waals surface area contributed by atoms with Crippen molar-refractivity contribution in [3.8, 4) is 0 Å². The van der Waals surface area contributed by atoms with E-state index in [0.717, 1.165) is 29.2 Å². The molecule has 3 rings (SSSR count). The normalized spacial score (nSPS) is 28.5. The highest BCUT2D eigenvalue weighted by molar-refractivity contribution is 9.10. The Balaban J connectivity index is 1.89. The molecule has 0 aliphatic carbocycles. The van der Waals surface area contributed by atoms with Crippen molar-refractivity contribution in [2.45, 2.75) is 44.4 Å². The number of likely N-dealkylation sites (N-methyl/N-ethyl adjacent to an activating group) is 1. The largest absolute Gasteiger partial charge is 0.389 e. The molecule has 2 fully saturated rings. The highest BCUT2D eigenvalue weighted by Gasteiger charge is 2.35. The van der Waals surface area contributed by atoms with Crippen LogP contribution in [-0.4, -0.2) is 42.2 Å². The molecule has 20 heavy (non-hydrogen) atoms. The Bertz CT molecular complexity index is 491. The van der Waals surface area contributed by atoms with E-state index in [0.29, 0.717) is 6.04 Å². The molecule has 3 unspecified atom stereocenters. The fraction of sp³-hybridized carbons (Fsp3) is 0.625. The average Bonchev–Trinajstić information content (AvgIpc) is 2.64. The Morgan fingerprint density at radius 3 is 2.75 bits per heavy atom. The lowest BCUT2D eigenvalue weighted by atomic mass is 10.0. The number of aliphatic hydroxyl groups is 1. The van der Waals surface area contributed by atoms with Crippen LogP contribution in [0.3, 0.4) is 0 Å². The minimum atomic E-state index is -0.430. The van der Waals surface area contributed by atoms with Gasteiger partial charge in [-0.15, -0.1) is 0 Å². The van der Waals surface area contributed by atoms with Gasteiger partial charge in [0.2, 0.25) is 0 Å². The number of benzene rings is 1. The summed E-state index contributed by atoms with van der Waals surface area (Å²) in [6.45, 7) is 4.02. The lowest BCUT2D eigenvalue weighted by Gasteiger charge is -2.30. The van der Waals surface area contributed by atoms with Crippen LogP contribution in [0.5, 0.6) is 0 Å². The summed E-state index contributed by atoms with van der Waals surface area (Å²) >= 11 is 3.51. The molecule has 3 nitrogen and oxygen atoms in total. The summed E-state index contributed by atoms with van der Waals surface area (Å²) < 4.78 is 1.03. The predicted octanol–water partition coefficient (Wildman–Crippen LogP) is 3.18. The van der Waals surface area contributed by atoms with Gasteiger partial charge in [-0.1, -0.05) is 15.9 Å². The van der Waals surface area contributed by atoms with Crippen LogP contribution in [0.4, 0.5) is 5.69 Å². The first-order valence-electron chi connectivity index (χ1n) is 7.50. The van der Waals surface area contributed by atoms with Crippen LogP contribution in [0.1, 0.15) is 37.9 Å². The van der Waals surface area contributed by atoms with Gasteiger partial charge in [0.1, 0.15) is 0 Å². The molecule has 0 radical (unpaired) electrons. The van der Waals surface area contributed by atoms with Crippen LogP contribution in [0.25, 0.3) is 0 Å². The minimum absolute atomic E-state index is 0.430. The second kappa shape index (κ2) is 5.66. The zero-order valence-electron chi connectivity index (χ0n) is 12.2. The number of fused-ring (bicyclic) bond motifs is 2. The maximum atomic E-state index is 10.1. The van der Waals surface area contributed by atoms with Crippen molar-refractivity contribution in [2.75, 3.05) is 25.0 Å². The summed E-state index contributed by atoms with van der Waals surface area (Å²) in [4.78, 5) is 5.02. The molecule has 2 saturated heterocycles. The SMILES string of the molecule is CC(O)c1cc(Br)ccc1N1CCC2CCC(C1)N2C. The highest BCUT2D eigenvalue weighted by Crippen LogP contribution is 2.34. The monoisotopic (exact) mass is 338 g/mol. The third-order valence-corrected chi connectivity index (χ3v) is 5.42. The molecule has 0 saturated carbocycles. The van der Waals surface area contributed by atoms with Gasteiger partial charge >= 0.3 is 0 Å². The molecule has 110 valence electrons. The molecule has 0 spiro atoms. The molecular weight excluding hydrogens is 316 g/mol. The quantitative estimate of drug-likeness (QED) is 0.897. The molecule has 4 heteroatoms. The second-order valence-corrected chi connectivity index (χ2v) is 7.08. The second-order valence-electron chi connectivity index (χ2n) is 6.16. The minimum Gasteiger partial charge on any atom is -0.389 e. The van der Waals surface area contributed by atoms with Crippen molar-refractivity contribution in [2.24, 2.45) is 0 Å². The first-order chi connectivity index (χ1) is 9.56. The van der Waals surface area contributed by atoms with E-state index in [1.807, 2.05) is 13.0 Å². The molecule has 3 atom stereocenters. The van der Waals surface area contributed by atoms with Gasteiger partial charge in [-0.25, -0.2) is 0 Å². The van der Waals surface area contributed by atoms with Crippen molar-refractivity contribution in [1.82, 2.24) is 4.90 Å². The first-order valence-corrected chi connectivity index (χ1v) is 8.30. The Morgan fingerprint density at radius 1 is 1.25 bits per heavy atom. The van der Waals surface area contributed by atoms with E-state index in [9.17, 15) is 5.11 Å². The fourth-order valence-corrected chi connectivity index (χ4v) is 4.05.